The number of benzene rings is 1. The summed E-state index contributed by atoms with van der Waals surface area (Å²) in [5, 5.41) is 1.82. The summed E-state index contributed by atoms with van der Waals surface area (Å²) in [7, 11) is 0. The van der Waals surface area contributed by atoms with Gasteiger partial charge in [-0.15, -0.1) is 5.73 Å². The Morgan fingerprint density at radius 3 is 3.18 bits per heavy atom. The molecule has 0 bridgehead atoms. The summed E-state index contributed by atoms with van der Waals surface area (Å²) in [5.74, 6) is -0.181. The third-order valence-electron chi connectivity index (χ3n) is 1.47. The maximum absolute atomic E-state index is 12.6. The third-order valence-corrected chi connectivity index (χ3v) is 2.33. The zero-order valence-electron chi connectivity index (χ0n) is 5.67. The van der Waals surface area contributed by atoms with Crippen molar-refractivity contribution in [1.29, 1.82) is 0 Å². The molecule has 0 aromatic heterocycles. The molecule has 0 spiro atoms. The summed E-state index contributed by atoms with van der Waals surface area (Å²) in [6.45, 7) is 0. The van der Waals surface area contributed by atoms with Crippen LogP contribution in [-0.2, 0) is 0 Å². The van der Waals surface area contributed by atoms with E-state index in [0.717, 1.165) is 10.5 Å². The molecule has 0 radical (unpaired) electrons. The lowest BCUT2D eigenvalue weighted by Gasteiger charge is -2.03. The van der Waals surface area contributed by atoms with E-state index in [1.165, 1.54) is 23.9 Å². The molecule has 1 aliphatic rings. The molecular weight excluding hydrogens is 159 g/mol. The topological polar surface area (TPSA) is 0 Å². The maximum Gasteiger partial charge on any atom is 0.124 e. The van der Waals surface area contributed by atoms with Gasteiger partial charge in [0.15, 0.2) is 0 Å². The van der Waals surface area contributed by atoms with E-state index in [1.54, 1.807) is 6.07 Å². The number of rotatable bonds is 0. The molecule has 1 heterocycles. The van der Waals surface area contributed by atoms with Crippen molar-refractivity contribution in [2.75, 3.05) is 0 Å². The van der Waals surface area contributed by atoms with Crippen molar-refractivity contribution in [3.8, 4) is 0 Å². The quantitative estimate of drug-likeness (QED) is 0.531. The van der Waals surface area contributed by atoms with Gasteiger partial charge in [-0.25, -0.2) is 4.39 Å². The van der Waals surface area contributed by atoms with Crippen LogP contribution >= 0.6 is 11.8 Å². The Balaban J connectivity index is 2.60. The van der Waals surface area contributed by atoms with Gasteiger partial charge < -0.3 is 0 Å². The van der Waals surface area contributed by atoms with E-state index in [9.17, 15) is 4.39 Å². The van der Waals surface area contributed by atoms with E-state index in [2.05, 4.69) is 5.73 Å². The standard InChI is InChI=1S/C9H5FS/c10-8-4-3-7-2-1-5-11-9(7)6-8/h2-6H. The number of thioether (sulfide) groups is 1. The fourth-order valence-electron chi connectivity index (χ4n) is 0.951. The summed E-state index contributed by atoms with van der Waals surface area (Å²) < 4.78 is 12.6. The van der Waals surface area contributed by atoms with Crippen LogP contribution in [0.1, 0.15) is 5.56 Å². The minimum absolute atomic E-state index is 0.181. The van der Waals surface area contributed by atoms with Crippen LogP contribution in [-0.4, -0.2) is 0 Å². The first kappa shape index (κ1) is 6.71. The highest BCUT2D eigenvalue weighted by Crippen LogP contribution is 2.27. The molecule has 0 unspecified atom stereocenters. The normalized spacial score (nSPS) is 13.2. The highest BCUT2D eigenvalue weighted by Gasteiger charge is 2.02. The molecule has 1 aromatic rings. The summed E-state index contributed by atoms with van der Waals surface area (Å²) in [4.78, 5) is 0.962. The average molecular weight is 164 g/mol. The number of hydrogen-bond donors (Lipinski definition) is 0. The molecule has 11 heavy (non-hydrogen) atoms. The lowest BCUT2D eigenvalue weighted by atomic mass is 10.2. The van der Waals surface area contributed by atoms with E-state index in [1.807, 2.05) is 11.5 Å². The molecular formula is C9H5FS. The van der Waals surface area contributed by atoms with Crippen molar-refractivity contribution in [2.45, 2.75) is 4.90 Å². The van der Waals surface area contributed by atoms with E-state index in [-0.39, 0.29) is 5.82 Å². The first-order valence-electron chi connectivity index (χ1n) is 3.23. The number of fused-ring (bicyclic) bond motifs is 1. The van der Waals surface area contributed by atoms with Crippen LogP contribution in [0.2, 0.25) is 0 Å². The lowest BCUT2D eigenvalue weighted by molar-refractivity contribution is 0.624. The maximum atomic E-state index is 12.6. The Kier molecular flexibility index (Phi) is 1.57. The van der Waals surface area contributed by atoms with Gasteiger partial charge >= 0.3 is 0 Å². The molecule has 0 saturated heterocycles. The van der Waals surface area contributed by atoms with E-state index in [4.69, 9.17) is 0 Å². The van der Waals surface area contributed by atoms with E-state index >= 15 is 0 Å². The monoisotopic (exact) mass is 164 g/mol. The summed E-state index contributed by atoms with van der Waals surface area (Å²) in [6, 6.07) is 4.76. The van der Waals surface area contributed by atoms with Crippen molar-refractivity contribution < 1.29 is 4.39 Å². The molecule has 2 heteroatoms. The minimum atomic E-state index is -0.181. The highest BCUT2D eigenvalue weighted by atomic mass is 32.2. The van der Waals surface area contributed by atoms with Crippen LogP contribution in [0, 0.1) is 5.82 Å². The van der Waals surface area contributed by atoms with Gasteiger partial charge in [0.05, 0.1) is 0 Å². The Hall–Kier alpha value is -0.980. The van der Waals surface area contributed by atoms with Gasteiger partial charge in [-0.2, -0.15) is 0 Å². The van der Waals surface area contributed by atoms with Crippen LogP contribution in [0.15, 0.2) is 34.2 Å². The molecule has 0 saturated carbocycles. The van der Waals surface area contributed by atoms with Crippen molar-refractivity contribution in [1.82, 2.24) is 0 Å². The molecule has 0 atom stereocenters. The van der Waals surface area contributed by atoms with Crippen LogP contribution < -0.4 is 0 Å². The van der Waals surface area contributed by atoms with Gasteiger partial charge in [-0.1, -0.05) is 17.8 Å². The van der Waals surface area contributed by atoms with E-state index < -0.39 is 0 Å². The molecule has 2 rings (SSSR count). The molecule has 0 nitrogen and oxygen atoms in total. The summed E-state index contributed by atoms with van der Waals surface area (Å²) in [6.07, 6.45) is 1.85. The largest absolute Gasteiger partial charge is 0.207 e. The van der Waals surface area contributed by atoms with Gasteiger partial charge in [0.1, 0.15) is 5.82 Å². The molecule has 0 aliphatic carbocycles. The SMILES string of the molecule is Fc1ccc2c(c1)SC=C=C2. The third kappa shape index (κ3) is 1.23. The molecule has 0 fully saturated rings. The van der Waals surface area contributed by atoms with Crippen LogP contribution in [0.4, 0.5) is 4.39 Å². The Morgan fingerprint density at radius 1 is 1.36 bits per heavy atom. The molecule has 0 amide bonds. The average Bonchev–Trinajstić information content (AvgIpc) is 2.04. The Bertz CT molecular complexity index is 349. The van der Waals surface area contributed by atoms with Crippen LogP contribution in [0.5, 0.6) is 0 Å². The molecule has 0 N–H and O–H groups in total. The van der Waals surface area contributed by atoms with Crippen molar-refractivity contribution in [3.05, 3.63) is 40.7 Å². The van der Waals surface area contributed by atoms with Gasteiger partial charge in [0.2, 0.25) is 0 Å². The number of halogens is 1. The highest BCUT2D eigenvalue weighted by molar-refractivity contribution is 8.02. The van der Waals surface area contributed by atoms with Gasteiger partial charge in [0, 0.05) is 10.3 Å². The Labute approximate surface area is 68.4 Å². The molecule has 54 valence electrons. The summed E-state index contributed by atoms with van der Waals surface area (Å²) >= 11 is 1.50. The van der Waals surface area contributed by atoms with Crippen LogP contribution in [0.3, 0.4) is 0 Å². The zero-order valence-corrected chi connectivity index (χ0v) is 6.49. The molecule has 1 aromatic carbocycles. The van der Waals surface area contributed by atoms with Crippen LogP contribution in [0.25, 0.3) is 6.08 Å². The number of hydrogen-bond acceptors (Lipinski definition) is 1. The predicted molar refractivity (Wildman–Crippen MR) is 44.8 cm³/mol. The van der Waals surface area contributed by atoms with Gasteiger partial charge in [0.25, 0.3) is 0 Å². The second-order valence-electron chi connectivity index (χ2n) is 2.23. The smallest absolute Gasteiger partial charge is 0.124 e. The molecule has 1 aliphatic heterocycles. The lowest BCUT2D eigenvalue weighted by Crippen LogP contribution is -1.82. The first-order chi connectivity index (χ1) is 5.36. The minimum Gasteiger partial charge on any atom is -0.207 e. The fourth-order valence-corrected chi connectivity index (χ4v) is 1.66. The second-order valence-corrected chi connectivity index (χ2v) is 3.14. The first-order valence-corrected chi connectivity index (χ1v) is 4.11. The predicted octanol–water partition coefficient (Wildman–Crippen LogP) is 3.06. The van der Waals surface area contributed by atoms with Gasteiger partial charge in [-0.3, -0.25) is 0 Å². The van der Waals surface area contributed by atoms with Gasteiger partial charge in [-0.05, 0) is 23.8 Å². The van der Waals surface area contributed by atoms with Crippen molar-refractivity contribution in [2.24, 2.45) is 0 Å². The van der Waals surface area contributed by atoms with Crippen molar-refractivity contribution in [3.63, 3.8) is 0 Å². The fraction of sp³-hybridized carbons (Fsp3) is 0. The second kappa shape index (κ2) is 2.57. The van der Waals surface area contributed by atoms with Crippen molar-refractivity contribution >= 4 is 17.8 Å². The summed E-state index contributed by atoms with van der Waals surface area (Å²) in [5.41, 5.74) is 3.99. The Morgan fingerprint density at radius 2 is 2.27 bits per heavy atom. The zero-order chi connectivity index (χ0) is 7.68. The van der Waals surface area contributed by atoms with E-state index in [0.29, 0.717) is 0 Å².